The number of benzene rings is 1. The van der Waals surface area contributed by atoms with Gasteiger partial charge in [0.1, 0.15) is 12.2 Å². The quantitative estimate of drug-likeness (QED) is 0.852. The lowest BCUT2D eigenvalue weighted by Gasteiger charge is -2.44. The van der Waals surface area contributed by atoms with Crippen molar-refractivity contribution in [2.45, 2.75) is 58.8 Å². The lowest BCUT2D eigenvalue weighted by atomic mass is 10.1. The molecule has 0 aromatic heterocycles. The molecule has 4 atom stereocenters. The predicted octanol–water partition coefficient (Wildman–Crippen LogP) is 1.37. The first-order valence-corrected chi connectivity index (χ1v) is 9.82. The first-order valence-electron chi connectivity index (χ1n) is 9.82. The smallest absolute Gasteiger partial charge is 0.310 e. The Bertz CT molecular complexity index is 840. The van der Waals surface area contributed by atoms with Crippen LogP contribution in [0.3, 0.4) is 0 Å². The largest absolute Gasteiger partial charge is 0.327 e. The van der Waals surface area contributed by atoms with Crippen molar-refractivity contribution in [3.63, 3.8) is 0 Å². The summed E-state index contributed by atoms with van der Waals surface area (Å²) in [7, 11) is 1.75. The molecule has 2 fully saturated rings. The maximum absolute atomic E-state index is 13.1. The topological polar surface area (TPSA) is 71.5 Å². The predicted molar refractivity (Wildman–Crippen MR) is 106 cm³/mol. The number of fused-ring (bicyclic) bond motifs is 3. The average molecular weight is 384 g/mol. The second-order valence-corrected chi connectivity index (χ2v) is 7.86. The number of carbonyl (C=O) groups excluding carboxylic acids is 2. The van der Waals surface area contributed by atoms with Crippen LogP contribution in [0.4, 0.5) is 4.79 Å². The Morgan fingerprint density at radius 2 is 1.96 bits per heavy atom. The van der Waals surface area contributed by atoms with Crippen LogP contribution in [0.5, 0.6) is 0 Å². The van der Waals surface area contributed by atoms with Gasteiger partial charge < -0.3 is 4.90 Å². The molecule has 3 amide bonds. The zero-order valence-electron chi connectivity index (χ0n) is 17.1. The van der Waals surface area contributed by atoms with E-state index < -0.39 is 6.04 Å². The summed E-state index contributed by atoms with van der Waals surface area (Å²) < 4.78 is 0. The van der Waals surface area contributed by atoms with E-state index in [9.17, 15) is 9.59 Å². The van der Waals surface area contributed by atoms with Gasteiger partial charge in [0.05, 0.1) is 18.3 Å². The SMILES string of the molecule is CCN1C(=O)C2C(NC3N(Cc4cccc(C)c4)N=C(C)C(C)N23)N(C)C1=O. The van der Waals surface area contributed by atoms with Crippen molar-refractivity contribution >= 4 is 17.6 Å². The highest BCUT2D eigenvalue weighted by Crippen LogP contribution is 2.33. The molecule has 1 N–H and O–H groups in total. The Morgan fingerprint density at radius 1 is 1.21 bits per heavy atom. The number of aryl methyl sites for hydroxylation is 1. The maximum atomic E-state index is 13.1. The molecule has 4 unspecified atom stereocenters. The van der Waals surface area contributed by atoms with Gasteiger partial charge in [-0.3, -0.25) is 20.0 Å². The molecule has 3 aliphatic heterocycles. The van der Waals surface area contributed by atoms with Crippen LogP contribution in [0.15, 0.2) is 29.4 Å². The molecule has 1 aromatic rings. The molecule has 8 nitrogen and oxygen atoms in total. The summed E-state index contributed by atoms with van der Waals surface area (Å²) >= 11 is 0. The minimum atomic E-state index is -0.423. The number of hydrogen-bond donors (Lipinski definition) is 1. The first kappa shape index (κ1) is 18.9. The number of nitrogens with one attached hydrogen (secondary N) is 1. The Labute approximate surface area is 165 Å². The van der Waals surface area contributed by atoms with E-state index in [0.717, 1.165) is 11.3 Å². The van der Waals surface area contributed by atoms with E-state index in [0.29, 0.717) is 13.1 Å². The molecule has 0 spiro atoms. The molecule has 1 aromatic carbocycles. The van der Waals surface area contributed by atoms with E-state index in [2.05, 4.69) is 42.3 Å². The van der Waals surface area contributed by atoms with Crippen molar-refractivity contribution in [3.05, 3.63) is 35.4 Å². The van der Waals surface area contributed by atoms with Crippen LogP contribution >= 0.6 is 0 Å². The number of carbonyl (C=O) groups is 2. The molecule has 2 saturated heterocycles. The van der Waals surface area contributed by atoms with Crippen LogP contribution in [0.2, 0.25) is 0 Å². The average Bonchev–Trinajstić information content (AvgIpc) is 3.06. The molecule has 0 bridgehead atoms. The number of hydrazone groups is 1. The Balaban J connectivity index is 1.69. The summed E-state index contributed by atoms with van der Waals surface area (Å²) in [6.45, 7) is 8.97. The number of hydrogen-bond acceptors (Lipinski definition) is 6. The normalized spacial score (nSPS) is 30.5. The lowest BCUT2D eigenvalue weighted by Crippen LogP contribution is -2.67. The number of nitrogens with zero attached hydrogens (tertiary/aromatic N) is 5. The van der Waals surface area contributed by atoms with E-state index >= 15 is 0 Å². The molecule has 0 aliphatic carbocycles. The molecular formula is C20H28N6O2. The van der Waals surface area contributed by atoms with Gasteiger partial charge in [-0.25, -0.2) is 9.69 Å². The van der Waals surface area contributed by atoms with Crippen LogP contribution in [-0.2, 0) is 11.3 Å². The van der Waals surface area contributed by atoms with E-state index in [1.807, 2.05) is 24.9 Å². The second kappa shape index (κ2) is 6.86. The molecule has 28 heavy (non-hydrogen) atoms. The van der Waals surface area contributed by atoms with Crippen molar-refractivity contribution in [1.29, 1.82) is 0 Å². The molecular weight excluding hydrogens is 356 g/mol. The van der Waals surface area contributed by atoms with Crippen LogP contribution < -0.4 is 5.32 Å². The zero-order valence-corrected chi connectivity index (χ0v) is 17.1. The third-order valence-corrected chi connectivity index (χ3v) is 6.06. The number of amides is 3. The third-order valence-electron chi connectivity index (χ3n) is 6.06. The summed E-state index contributed by atoms with van der Waals surface area (Å²) in [6.07, 6.45) is -0.610. The van der Waals surface area contributed by atoms with E-state index in [-0.39, 0.29) is 30.4 Å². The zero-order chi connectivity index (χ0) is 20.2. The highest BCUT2D eigenvalue weighted by molar-refractivity contribution is 6.01. The van der Waals surface area contributed by atoms with Crippen molar-refractivity contribution in [3.8, 4) is 0 Å². The minimum absolute atomic E-state index is 0.00511. The summed E-state index contributed by atoms with van der Waals surface area (Å²) in [6, 6.07) is 7.68. The summed E-state index contributed by atoms with van der Waals surface area (Å²) in [5.74, 6) is -0.136. The summed E-state index contributed by atoms with van der Waals surface area (Å²) in [4.78, 5) is 30.9. The number of rotatable bonds is 3. The number of likely N-dealkylation sites (N-methyl/N-ethyl adjacent to an activating group) is 2. The van der Waals surface area contributed by atoms with Crippen LogP contribution in [-0.4, -0.2) is 75.5 Å². The van der Waals surface area contributed by atoms with Gasteiger partial charge in [0.2, 0.25) is 0 Å². The van der Waals surface area contributed by atoms with Crippen LogP contribution in [0, 0.1) is 6.92 Å². The van der Waals surface area contributed by atoms with E-state index in [4.69, 9.17) is 5.10 Å². The third kappa shape index (κ3) is 2.79. The molecule has 0 saturated carbocycles. The van der Waals surface area contributed by atoms with Gasteiger partial charge in [-0.2, -0.15) is 5.10 Å². The molecule has 8 heteroatoms. The van der Waals surface area contributed by atoms with Crippen molar-refractivity contribution < 1.29 is 9.59 Å². The van der Waals surface area contributed by atoms with E-state index in [1.54, 1.807) is 11.9 Å². The van der Waals surface area contributed by atoms with Gasteiger partial charge in [-0.1, -0.05) is 29.8 Å². The van der Waals surface area contributed by atoms with Crippen LogP contribution in [0.25, 0.3) is 0 Å². The summed E-state index contributed by atoms with van der Waals surface area (Å²) in [5, 5.41) is 10.3. The fourth-order valence-electron chi connectivity index (χ4n) is 4.45. The number of urea groups is 1. The van der Waals surface area contributed by atoms with Gasteiger partial charge in [0.25, 0.3) is 5.91 Å². The van der Waals surface area contributed by atoms with Gasteiger partial charge in [-0.05, 0) is 33.3 Å². The Morgan fingerprint density at radius 3 is 2.64 bits per heavy atom. The Hall–Kier alpha value is -2.45. The van der Waals surface area contributed by atoms with E-state index in [1.165, 1.54) is 10.5 Å². The lowest BCUT2D eigenvalue weighted by molar-refractivity contribution is -0.139. The fourth-order valence-corrected chi connectivity index (χ4v) is 4.45. The fraction of sp³-hybridized carbons (Fsp3) is 0.550. The number of imide groups is 1. The second-order valence-electron chi connectivity index (χ2n) is 7.86. The molecule has 3 aliphatic rings. The summed E-state index contributed by atoms with van der Waals surface area (Å²) in [5.41, 5.74) is 3.32. The Kier molecular flexibility index (Phi) is 4.63. The van der Waals surface area contributed by atoms with Gasteiger partial charge in [0.15, 0.2) is 6.29 Å². The molecule has 0 radical (unpaired) electrons. The van der Waals surface area contributed by atoms with Gasteiger partial charge >= 0.3 is 6.03 Å². The molecule has 150 valence electrons. The standard InChI is InChI=1S/C20H28N6O2/c1-6-24-18(27)16-17(23(5)20(24)28)21-19-25(22-13(3)14(4)26(16)19)11-15-9-7-8-12(2)10-15/h7-10,14,16-17,19,21H,6,11H2,1-5H3. The highest BCUT2D eigenvalue weighted by Gasteiger charge is 2.57. The molecule has 3 heterocycles. The van der Waals surface area contributed by atoms with Crippen molar-refractivity contribution in [1.82, 2.24) is 25.0 Å². The van der Waals surface area contributed by atoms with Crippen molar-refractivity contribution in [2.24, 2.45) is 5.10 Å². The van der Waals surface area contributed by atoms with Gasteiger partial charge in [0, 0.05) is 13.6 Å². The van der Waals surface area contributed by atoms with Gasteiger partial charge in [-0.15, -0.1) is 0 Å². The minimum Gasteiger partial charge on any atom is -0.310 e. The highest BCUT2D eigenvalue weighted by atomic mass is 16.2. The maximum Gasteiger partial charge on any atom is 0.327 e. The molecule has 4 rings (SSSR count). The van der Waals surface area contributed by atoms with Crippen molar-refractivity contribution in [2.75, 3.05) is 13.6 Å². The van der Waals surface area contributed by atoms with Crippen LogP contribution in [0.1, 0.15) is 31.9 Å². The monoisotopic (exact) mass is 384 g/mol. The first-order chi connectivity index (χ1) is 13.3.